The van der Waals surface area contributed by atoms with Crippen molar-refractivity contribution >= 4 is 16.9 Å². The lowest BCUT2D eigenvalue weighted by molar-refractivity contribution is 0.0769. The number of hydrogen-bond donors (Lipinski definition) is 2. The molecule has 1 heterocycles. The van der Waals surface area contributed by atoms with Gasteiger partial charge in [0, 0.05) is 25.2 Å². The van der Waals surface area contributed by atoms with Crippen molar-refractivity contribution in [1.29, 1.82) is 0 Å². The molecule has 6 nitrogen and oxygen atoms in total. The second kappa shape index (κ2) is 6.81. The number of fused-ring (bicyclic) bond motifs is 1. The van der Waals surface area contributed by atoms with Crippen LogP contribution in [0, 0.1) is 0 Å². The second-order valence-corrected chi connectivity index (χ2v) is 6.83. The van der Waals surface area contributed by atoms with Crippen LogP contribution in [0.4, 0.5) is 0 Å². The lowest BCUT2D eigenvalue weighted by Gasteiger charge is -2.18. The fourth-order valence-corrected chi connectivity index (χ4v) is 3.49. The van der Waals surface area contributed by atoms with Crippen LogP contribution in [0.1, 0.15) is 55.4 Å². The third kappa shape index (κ3) is 3.24. The number of imidazole rings is 1. The maximum absolute atomic E-state index is 12.5. The predicted molar refractivity (Wildman–Crippen MR) is 93.3 cm³/mol. The van der Waals surface area contributed by atoms with Gasteiger partial charge in [0.05, 0.1) is 17.1 Å². The summed E-state index contributed by atoms with van der Waals surface area (Å²) >= 11 is 0. The normalized spacial score (nSPS) is 16.6. The third-order valence-corrected chi connectivity index (χ3v) is 4.88. The van der Waals surface area contributed by atoms with Gasteiger partial charge in [0.25, 0.3) is 5.91 Å². The molecule has 0 bridgehead atoms. The van der Waals surface area contributed by atoms with Gasteiger partial charge in [-0.3, -0.25) is 9.36 Å². The molecule has 1 amide bonds. The molecule has 6 heteroatoms. The molecule has 24 heavy (non-hydrogen) atoms. The average Bonchev–Trinajstić information content (AvgIpc) is 3.17. The minimum atomic E-state index is -0.431. The summed E-state index contributed by atoms with van der Waals surface area (Å²) < 4.78 is 1.84. The van der Waals surface area contributed by atoms with Crippen molar-refractivity contribution in [3.63, 3.8) is 0 Å². The number of amides is 1. The zero-order valence-electron chi connectivity index (χ0n) is 14.3. The maximum Gasteiger partial charge on any atom is 0.326 e. The van der Waals surface area contributed by atoms with E-state index in [0.717, 1.165) is 31.2 Å². The Morgan fingerprint density at radius 1 is 1.42 bits per heavy atom. The lowest BCUT2D eigenvalue weighted by Crippen LogP contribution is -2.29. The Labute approximate surface area is 141 Å². The zero-order chi connectivity index (χ0) is 17.3. The zero-order valence-corrected chi connectivity index (χ0v) is 14.3. The van der Waals surface area contributed by atoms with Gasteiger partial charge in [0.15, 0.2) is 0 Å². The molecule has 3 rings (SSSR count). The first kappa shape index (κ1) is 16.8. The summed E-state index contributed by atoms with van der Waals surface area (Å²) in [5.74, 6) is -0.105. The predicted octanol–water partition coefficient (Wildman–Crippen LogP) is 2.29. The molecule has 1 aliphatic carbocycles. The van der Waals surface area contributed by atoms with Gasteiger partial charge in [-0.05, 0) is 44.4 Å². The van der Waals surface area contributed by atoms with E-state index in [0.29, 0.717) is 24.0 Å². The molecule has 130 valence electrons. The highest BCUT2D eigenvalue weighted by molar-refractivity contribution is 5.97. The molecule has 1 unspecified atom stereocenters. The van der Waals surface area contributed by atoms with Gasteiger partial charge in [0.2, 0.25) is 0 Å². The first-order valence-corrected chi connectivity index (χ1v) is 8.65. The average molecular weight is 331 g/mol. The highest BCUT2D eigenvalue weighted by Crippen LogP contribution is 2.30. The number of aliphatic hydroxyl groups excluding tert-OH is 1. The maximum atomic E-state index is 12.5. The molecular weight excluding hydrogens is 306 g/mol. The fraction of sp³-hybridized carbons (Fsp3) is 0.556. The third-order valence-electron chi connectivity index (χ3n) is 4.88. The van der Waals surface area contributed by atoms with Gasteiger partial charge in [-0.15, -0.1) is 0 Å². The topological polar surface area (TPSA) is 78.3 Å². The molecule has 1 aromatic carbocycles. The molecule has 1 saturated carbocycles. The van der Waals surface area contributed by atoms with E-state index in [1.807, 2.05) is 10.6 Å². The number of rotatable bonds is 5. The molecule has 1 fully saturated rings. The number of aromatic amines is 1. The lowest BCUT2D eigenvalue weighted by atomic mass is 10.1. The Hall–Kier alpha value is -2.08. The van der Waals surface area contributed by atoms with Crippen molar-refractivity contribution in [2.45, 2.75) is 51.2 Å². The summed E-state index contributed by atoms with van der Waals surface area (Å²) in [5, 5.41) is 9.35. The van der Waals surface area contributed by atoms with E-state index < -0.39 is 6.10 Å². The van der Waals surface area contributed by atoms with Crippen molar-refractivity contribution in [3.05, 3.63) is 34.2 Å². The minimum Gasteiger partial charge on any atom is -0.393 e. The van der Waals surface area contributed by atoms with Crippen molar-refractivity contribution in [1.82, 2.24) is 14.5 Å². The van der Waals surface area contributed by atoms with Gasteiger partial charge in [-0.2, -0.15) is 0 Å². The van der Waals surface area contributed by atoms with Gasteiger partial charge in [0.1, 0.15) is 0 Å². The van der Waals surface area contributed by atoms with Gasteiger partial charge in [-0.1, -0.05) is 12.8 Å². The van der Waals surface area contributed by atoms with E-state index in [-0.39, 0.29) is 17.6 Å². The number of nitrogens with one attached hydrogen (secondary N) is 1. The quantitative estimate of drug-likeness (QED) is 0.882. The number of hydrogen-bond acceptors (Lipinski definition) is 3. The van der Waals surface area contributed by atoms with Crippen LogP contribution in [-0.4, -0.2) is 45.2 Å². The summed E-state index contributed by atoms with van der Waals surface area (Å²) in [6.45, 7) is 2.20. The van der Waals surface area contributed by atoms with E-state index in [2.05, 4.69) is 4.98 Å². The fourth-order valence-electron chi connectivity index (χ4n) is 3.49. The van der Waals surface area contributed by atoms with Crippen LogP contribution in [-0.2, 0) is 0 Å². The number of carbonyl (C=O) groups excluding carboxylic acids is 1. The molecule has 1 aliphatic rings. The number of aliphatic hydroxyl groups is 1. The van der Waals surface area contributed by atoms with Crippen molar-refractivity contribution in [2.75, 3.05) is 13.6 Å². The molecule has 1 atom stereocenters. The smallest absolute Gasteiger partial charge is 0.326 e. The Balaban J connectivity index is 1.86. The Morgan fingerprint density at radius 2 is 2.12 bits per heavy atom. The molecule has 0 aliphatic heterocycles. The van der Waals surface area contributed by atoms with Crippen LogP contribution < -0.4 is 5.69 Å². The first-order valence-electron chi connectivity index (χ1n) is 8.65. The number of carbonyl (C=O) groups is 1. The van der Waals surface area contributed by atoms with Gasteiger partial charge in [-0.25, -0.2) is 4.79 Å². The summed E-state index contributed by atoms with van der Waals surface area (Å²) in [6, 6.07) is 5.66. The first-order chi connectivity index (χ1) is 11.5. The number of H-pyrrole nitrogens is 1. The van der Waals surface area contributed by atoms with E-state index in [9.17, 15) is 14.7 Å². The number of benzene rings is 1. The van der Waals surface area contributed by atoms with Crippen LogP contribution in [0.25, 0.3) is 11.0 Å². The Kier molecular flexibility index (Phi) is 4.76. The molecule has 0 saturated heterocycles. The summed E-state index contributed by atoms with van der Waals surface area (Å²) in [7, 11) is 1.72. The molecule has 0 spiro atoms. The van der Waals surface area contributed by atoms with Crippen LogP contribution in [0.15, 0.2) is 23.0 Å². The molecular formula is C18H25N3O3. The highest BCUT2D eigenvalue weighted by atomic mass is 16.3. The number of nitrogens with zero attached hydrogens (tertiary/aromatic N) is 2. The molecule has 0 radical (unpaired) electrons. The number of aromatic nitrogens is 2. The summed E-state index contributed by atoms with van der Waals surface area (Å²) in [6.07, 6.45) is 4.51. The summed E-state index contributed by atoms with van der Waals surface area (Å²) in [4.78, 5) is 29.3. The van der Waals surface area contributed by atoms with Crippen LogP contribution in [0.5, 0.6) is 0 Å². The van der Waals surface area contributed by atoms with E-state index in [1.165, 1.54) is 0 Å². The largest absolute Gasteiger partial charge is 0.393 e. The Bertz CT molecular complexity index is 784. The van der Waals surface area contributed by atoms with Crippen molar-refractivity contribution < 1.29 is 9.90 Å². The second-order valence-electron chi connectivity index (χ2n) is 6.83. The van der Waals surface area contributed by atoms with E-state index in [1.54, 1.807) is 31.0 Å². The minimum absolute atomic E-state index is 0.0936. The van der Waals surface area contributed by atoms with Gasteiger partial charge < -0.3 is 15.0 Å². The van der Waals surface area contributed by atoms with Crippen molar-refractivity contribution in [3.8, 4) is 0 Å². The molecule has 1 aromatic heterocycles. The van der Waals surface area contributed by atoms with Crippen molar-refractivity contribution in [2.24, 2.45) is 0 Å². The Morgan fingerprint density at radius 3 is 2.79 bits per heavy atom. The highest BCUT2D eigenvalue weighted by Gasteiger charge is 2.22. The SMILES string of the molecule is CC(O)CCN(C)C(=O)c1ccc2c(c1)[nH]c(=O)n2C1CCCC1. The van der Waals surface area contributed by atoms with Crippen LogP contribution in [0.3, 0.4) is 0 Å². The summed E-state index contributed by atoms with van der Waals surface area (Å²) in [5.41, 5.74) is 2.04. The molecule has 2 N–H and O–H groups in total. The van der Waals surface area contributed by atoms with E-state index in [4.69, 9.17) is 0 Å². The molecule has 2 aromatic rings. The monoisotopic (exact) mass is 331 g/mol. The van der Waals surface area contributed by atoms with Crippen LogP contribution in [0.2, 0.25) is 0 Å². The standard InChI is InChI=1S/C18H25N3O3/c1-12(22)9-10-20(2)17(23)13-7-8-16-15(11-13)19-18(24)21(16)14-5-3-4-6-14/h7-8,11-12,14,22H,3-6,9-10H2,1-2H3,(H,19,24). The van der Waals surface area contributed by atoms with E-state index >= 15 is 0 Å². The van der Waals surface area contributed by atoms with Crippen LogP contribution >= 0.6 is 0 Å². The van der Waals surface area contributed by atoms with Gasteiger partial charge >= 0.3 is 5.69 Å².